The van der Waals surface area contributed by atoms with E-state index in [2.05, 4.69) is 78.9 Å². The van der Waals surface area contributed by atoms with Gasteiger partial charge in [0.25, 0.3) is 0 Å². The van der Waals surface area contributed by atoms with Crippen molar-refractivity contribution in [3.8, 4) is 11.1 Å². The van der Waals surface area contributed by atoms with Gasteiger partial charge in [0.1, 0.15) is 0 Å². The van der Waals surface area contributed by atoms with E-state index in [0.717, 1.165) is 22.4 Å². The first-order chi connectivity index (χ1) is 13.1. The first kappa shape index (κ1) is 16.0. The smallest absolute Gasteiger partial charge is 0.0750 e. The molecule has 0 unspecified atom stereocenters. The summed E-state index contributed by atoms with van der Waals surface area (Å²) in [5.41, 5.74) is 9.37. The van der Waals surface area contributed by atoms with Crippen LogP contribution in [0.4, 0.5) is 0 Å². The lowest BCUT2D eigenvalue weighted by Gasteiger charge is -2.17. The van der Waals surface area contributed by atoms with E-state index < -0.39 is 0 Å². The third-order valence-electron chi connectivity index (χ3n) is 5.56. The molecule has 0 spiro atoms. The Labute approximate surface area is 158 Å². The van der Waals surface area contributed by atoms with Gasteiger partial charge >= 0.3 is 0 Å². The molecule has 3 heterocycles. The van der Waals surface area contributed by atoms with Gasteiger partial charge in [-0.3, -0.25) is 4.98 Å². The molecular weight excluding hydrogens is 330 g/mol. The van der Waals surface area contributed by atoms with Crippen molar-refractivity contribution in [3.05, 3.63) is 77.2 Å². The van der Waals surface area contributed by atoms with Crippen molar-refractivity contribution in [3.63, 3.8) is 0 Å². The number of hydrogen-bond acceptors (Lipinski definition) is 2. The lowest BCUT2D eigenvalue weighted by molar-refractivity contribution is 1.01. The number of aromatic nitrogens is 3. The predicted octanol–water partition coefficient (Wildman–Crippen LogP) is 5.94. The van der Waals surface area contributed by atoms with Crippen molar-refractivity contribution in [1.29, 1.82) is 0 Å². The zero-order valence-corrected chi connectivity index (χ0v) is 16.0. The van der Waals surface area contributed by atoms with E-state index in [1.54, 1.807) is 0 Å². The second kappa shape index (κ2) is 5.65. The lowest BCUT2D eigenvalue weighted by Crippen LogP contribution is -1.99. The summed E-state index contributed by atoms with van der Waals surface area (Å²) in [6, 6.07) is 17.3. The molecule has 0 atom stereocenters. The van der Waals surface area contributed by atoms with E-state index >= 15 is 0 Å². The third kappa shape index (κ3) is 2.21. The molecule has 3 aromatic heterocycles. The van der Waals surface area contributed by atoms with Crippen LogP contribution in [0, 0.1) is 27.7 Å². The van der Waals surface area contributed by atoms with Gasteiger partial charge in [-0.05, 0) is 68.0 Å². The zero-order valence-electron chi connectivity index (χ0n) is 16.0. The standard InChI is InChI=1S/C24H21N3/c1-14-6-5-7-19-22(14)21-12-13-25-27(21)20-11-8-15(2)23(24(19)20)18-10-9-16(3)26-17(18)4/h5-13H,1-4H3. The summed E-state index contributed by atoms with van der Waals surface area (Å²) < 4.78 is 2.07. The van der Waals surface area contributed by atoms with Gasteiger partial charge in [0.2, 0.25) is 0 Å². The van der Waals surface area contributed by atoms with E-state index in [9.17, 15) is 0 Å². The van der Waals surface area contributed by atoms with Crippen LogP contribution in [0.2, 0.25) is 0 Å². The predicted molar refractivity (Wildman–Crippen MR) is 112 cm³/mol. The molecule has 0 bridgehead atoms. The summed E-state index contributed by atoms with van der Waals surface area (Å²) in [4.78, 5) is 4.73. The largest absolute Gasteiger partial charge is 0.258 e. The maximum Gasteiger partial charge on any atom is 0.0750 e. The van der Waals surface area contributed by atoms with Crippen LogP contribution >= 0.6 is 0 Å². The maximum absolute atomic E-state index is 4.73. The highest BCUT2D eigenvalue weighted by molar-refractivity contribution is 6.18. The van der Waals surface area contributed by atoms with Crippen molar-refractivity contribution in [1.82, 2.24) is 14.6 Å². The van der Waals surface area contributed by atoms with Gasteiger partial charge in [-0.2, -0.15) is 5.10 Å². The molecule has 3 heteroatoms. The summed E-state index contributed by atoms with van der Waals surface area (Å²) in [5.74, 6) is 0. The van der Waals surface area contributed by atoms with E-state index in [1.807, 2.05) is 13.1 Å². The molecule has 27 heavy (non-hydrogen) atoms. The first-order valence-corrected chi connectivity index (χ1v) is 9.29. The first-order valence-electron chi connectivity index (χ1n) is 9.29. The maximum atomic E-state index is 4.73. The van der Waals surface area contributed by atoms with Gasteiger partial charge in [-0.25, -0.2) is 4.52 Å². The highest BCUT2D eigenvalue weighted by Crippen LogP contribution is 2.39. The molecule has 0 saturated heterocycles. The van der Waals surface area contributed by atoms with Gasteiger partial charge in [0.15, 0.2) is 0 Å². The molecule has 3 nitrogen and oxygen atoms in total. The topological polar surface area (TPSA) is 30.2 Å². The monoisotopic (exact) mass is 351 g/mol. The molecule has 0 aliphatic carbocycles. The molecule has 0 aliphatic rings. The van der Waals surface area contributed by atoms with Crippen molar-refractivity contribution in [2.45, 2.75) is 27.7 Å². The Morgan fingerprint density at radius 3 is 2.37 bits per heavy atom. The van der Waals surface area contributed by atoms with Gasteiger partial charge in [-0.15, -0.1) is 0 Å². The van der Waals surface area contributed by atoms with Crippen molar-refractivity contribution in [2.24, 2.45) is 0 Å². The Morgan fingerprint density at radius 2 is 1.56 bits per heavy atom. The number of fused-ring (bicyclic) bond motifs is 6. The summed E-state index contributed by atoms with van der Waals surface area (Å²) in [6.07, 6.45) is 1.89. The third-order valence-corrected chi connectivity index (χ3v) is 5.56. The van der Waals surface area contributed by atoms with Crippen LogP contribution in [0.3, 0.4) is 0 Å². The normalized spacial score (nSPS) is 11.7. The molecule has 0 aliphatic heterocycles. The van der Waals surface area contributed by atoms with Gasteiger partial charge in [0.05, 0.1) is 17.2 Å². The molecule has 2 aromatic carbocycles. The minimum Gasteiger partial charge on any atom is -0.258 e. The Balaban J connectivity index is 2.09. The zero-order chi connectivity index (χ0) is 18.7. The summed E-state index contributed by atoms with van der Waals surface area (Å²) in [6.45, 7) is 8.50. The highest BCUT2D eigenvalue weighted by Gasteiger charge is 2.17. The second-order valence-corrected chi connectivity index (χ2v) is 7.36. The van der Waals surface area contributed by atoms with Crippen LogP contribution in [-0.4, -0.2) is 14.6 Å². The van der Waals surface area contributed by atoms with Gasteiger partial charge in [-0.1, -0.05) is 30.3 Å². The fraction of sp³-hybridized carbons (Fsp3) is 0.167. The van der Waals surface area contributed by atoms with Crippen LogP contribution in [0.15, 0.2) is 54.7 Å². The quantitative estimate of drug-likeness (QED) is 0.350. The molecule has 5 aromatic rings. The van der Waals surface area contributed by atoms with Crippen molar-refractivity contribution < 1.29 is 0 Å². The van der Waals surface area contributed by atoms with Crippen LogP contribution in [-0.2, 0) is 0 Å². The number of hydrogen-bond donors (Lipinski definition) is 0. The molecule has 0 saturated carbocycles. The van der Waals surface area contributed by atoms with Crippen molar-refractivity contribution >= 4 is 27.2 Å². The average molecular weight is 351 g/mol. The van der Waals surface area contributed by atoms with Crippen LogP contribution in [0.1, 0.15) is 22.5 Å². The summed E-state index contributed by atoms with van der Waals surface area (Å²) in [7, 11) is 0. The second-order valence-electron chi connectivity index (χ2n) is 7.36. The molecule has 0 N–H and O–H groups in total. The van der Waals surface area contributed by atoms with Crippen LogP contribution < -0.4 is 0 Å². The van der Waals surface area contributed by atoms with E-state index in [0.29, 0.717) is 0 Å². The Kier molecular flexibility index (Phi) is 3.35. The highest BCUT2D eigenvalue weighted by atomic mass is 15.2. The molecular formula is C24H21N3. The minimum absolute atomic E-state index is 1.05. The van der Waals surface area contributed by atoms with E-state index in [4.69, 9.17) is 4.98 Å². The molecule has 5 rings (SSSR count). The Bertz CT molecular complexity index is 1360. The van der Waals surface area contributed by atoms with E-state index in [-0.39, 0.29) is 0 Å². The summed E-state index contributed by atoms with van der Waals surface area (Å²) in [5, 5.41) is 8.43. The van der Waals surface area contributed by atoms with Gasteiger partial charge < -0.3 is 0 Å². The number of benzene rings is 2. The summed E-state index contributed by atoms with van der Waals surface area (Å²) >= 11 is 0. The fourth-order valence-electron chi connectivity index (χ4n) is 4.34. The fourth-order valence-corrected chi connectivity index (χ4v) is 4.34. The number of nitrogens with zero attached hydrogens (tertiary/aromatic N) is 3. The lowest BCUT2D eigenvalue weighted by atomic mass is 9.91. The van der Waals surface area contributed by atoms with Crippen LogP contribution in [0.5, 0.6) is 0 Å². The molecule has 0 radical (unpaired) electrons. The SMILES string of the molecule is Cc1ccc(-c2c(C)ccc3c2c2cccc(C)c2c2ccnn23)c(C)n1. The Hall–Kier alpha value is -3.20. The number of aryl methyl sites for hydroxylation is 4. The molecule has 132 valence electrons. The van der Waals surface area contributed by atoms with E-state index in [1.165, 1.54) is 38.4 Å². The Morgan fingerprint density at radius 1 is 0.741 bits per heavy atom. The van der Waals surface area contributed by atoms with Gasteiger partial charge in [0, 0.05) is 27.7 Å². The average Bonchev–Trinajstić information content (AvgIpc) is 3.12. The minimum atomic E-state index is 1.05. The van der Waals surface area contributed by atoms with Crippen molar-refractivity contribution in [2.75, 3.05) is 0 Å². The molecule has 0 fully saturated rings. The van der Waals surface area contributed by atoms with Crippen LogP contribution in [0.25, 0.3) is 38.3 Å². The number of pyridine rings is 2. The number of rotatable bonds is 1. The molecule has 0 amide bonds.